The summed E-state index contributed by atoms with van der Waals surface area (Å²) in [6.07, 6.45) is 0.939. The number of methoxy groups -OCH3 is 1. The highest BCUT2D eigenvalue weighted by molar-refractivity contribution is 6.74. The Bertz CT molecular complexity index is 2310. The molecule has 6 aromatic rings. The number of rotatable bonds is 13. The number of hydrogen-bond acceptors (Lipinski definition) is 9. The van der Waals surface area contributed by atoms with Gasteiger partial charge in [0.15, 0.2) is 31.5 Å². The monoisotopic (exact) mass is 781 g/mol. The van der Waals surface area contributed by atoms with Crippen molar-refractivity contribution in [2.24, 2.45) is 5.11 Å². The van der Waals surface area contributed by atoms with Crippen LogP contribution in [-0.2, 0) is 14.7 Å². The molecule has 2 N–H and O–H groups in total. The zero-order valence-electron chi connectivity index (χ0n) is 32.9. The molecule has 57 heavy (non-hydrogen) atoms. The van der Waals surface area contributed by atoms with Gasteiger partial charge >= 0.3 is 0 Å². The molecule has 1 saturated heterocycles. The number of hydrogen-bond donors (Lipinski definition) is 2. The molecule has 14 heteroatoms. The number of benzene rings is 4. The van der Waals surface area contributed by atoms with Crippen LogP contribution in [0.3, 0.4) is 0 Å². The smallest absolute Gasteiger partial charge is 0.256 e. The summed E-state index contributed by atoms with van der Waals surface area (Å²) >= 11 is 0. The lowest BCUT2D eigenvalue weighted by atomic mass is 9.76. The normalized spacial score (nSPS) is 18.6. The second kappa shape index (κ2) is 16.3. The summed E-state index contributed by atoms with van der Waals surface area (Å²) in [5, 5.41) is 10.9. The number of carbonyl (C=O) groups excluding carboxylic acids is 1. The maximum Gasteiger partial charge on any atom is 0.256 e. The van der Waals surface area contributed by atoms with Crippen molar-refractivity contribution in [3.63, 3.8) is 0 Å². The summed E-state index contributed by atoms with van der Waals surface area (Å²) in [7, 11) is -0.902. The van der Waals surface area contributed by atoms with Crippen molar-refractivity contribution in [2.75, 3.05) is 19.0 Å². The molecule has 1 aliphatic heterocycles. The van der Waals surface area contributed by atoms with E-state index in [0.717, 1.165) is 22.4 Å². The third-order valence-electron chi connectivity index (χ3n) is 11.1. The zero-order valence-corrected chi connectivity index (χ0v) is 33.9. The van der Waals surface area contributed by atoms with Gasteiger partial charge in [0.05, 0.1) is 37.7 Å². The molecule has 0 aliphatic carbocycles. The number of ether oxygens (including phenoxy) is 2. The molecular weight excluding hydrogens is 735 g/mol. The molecule has 0 unspecified atom stereocenters. The highest BCUT2D eigenvalue weighted by atomic mass is 28.4. The second-order valence-corrected chi connectivity index (χ2v) is 20.3. The Morgan fingerprint density at radius 1 is 0.877 bits per heavy atom. The Morgan fingerprint density at radius 2 is 1.47 bits per heavy atom. The Balaban J connectivity index is 1.40. The molecule has 1 amide bonds. The van der Waals surface area contributed by atoms with Crippen LogP contribution in [0.25, 0.3) is 21.6 Å². The molecule has 2 aromatic heterocycles. The first kappa shape index (κ1) is 39.3. The Kier molecular flexibility index (Phi) is 11.2. The number of azide groups is 1. The van der Waals surface area contributed by atoms with Gasteiger partial charge in [-0.3, -0.25) is 14.7 Å². The number of imidazole rings is 1. The predicted octanol–water partition coefficient (Wildman–Crippen LogP) is 8.64. The molecule has 13 nitrogen and oxygen atoms in total. The number of nitrogens with zero attached hydrogens (tertiary/aromatic N) is 7. The fourth-order valence-corrected chi connectivity index (χ4v) is 8.46. The maximum absolute atomic E-state index is 13.2. The topological polar surface area (TPSA) is 161 Å². The summed E-state index contributed by atoms with van der Waals surface area (Å²) < 4.78 is 21.9. The summed E-state index contributed by atoms with van der Waals surface area (Å²) in [5.41, 5.74) is 12.9. The average molecular weight is 782 g/mol. The number of fused-ring (bicyclic) bond motifs is 1. The van der Waals surface area contributed by atoms with Crippen LogP contribution in [-0.4, -0.2) is 65.6 Å². The molecule has 0 spiro atoms. The molecule has 1 fully saturated rings. The van der Waals surface area contributed by atoms with Crippen molar-refractivity contribution >= 4 is 31.2 Å². The minimum Gasteiger partial charge on any atom is -0.497 e. The quantitative estimate of drug-likeness (QED) is 0.0387. The summed E-state index contributed by atoms with van der Waals surface area (Å²) in [6, 6.07) is 36.9. The maximum atomic E-state index is 13.2. The molecule has 292 valence electrons. The Hall–Kier alpha value is -5.89. The van der Waals surface area contributed by atoms with E-state index in [9.17, 15) is 10.3 Å². The van der Waals surface area contributed by atoms with Gasteiger partial charge in [-0.05, 0) is 64.6 Å². The van der Waals surface area contributed by atoms with Crippen molar-refractivity contribution in [1.82, 2.24) is 24.8 Å². The first-order valence-corrected chi connectivity index (χ1v) is 21.8. The van der Waals surface area contributed by atoms with E-state index in [0.29, 0.717) is 16.7 Å². The molecular formula is C43H47N9O4Si. The first-order valence-electron chi connectivity index (χ1n) is 18.9. The molecule has 4 atom stereocenters. The average Bonchev–Trinajstić information content (AvgIpc) is 3.80. The lowest BCUT2D eigenvalue weighted by Crippen LogP contribution is -2.59. The SMILES string of the molecule is COc1ccc(C(N[C@H]2[C@@H](O[Si](C)(C)C(C)(C)C)[C@H](n3cnc4c(NC(=O)c5ccccc5)ncnc43)O[C@@H]2CN=[N+]=[N-])(c2ccccc2)c2ccccc2)cc1. The zero-order chi connectivity index (χ0) is 40.2. The van der Waals surface area contributed by atoms with Crippen LogP contribution < -0.4 is 15.4 Å². The molecule has 4 aromatic carbocycles. The van der Waals surface area contributed by atoms with E-state index in [-0.39, 0.29) is 23.3 Å². The lowest BCUT2D eigenvalue weighted by molar-refractivity contribution is -0.0285. The first-order chi connectivity index (χ1) is 27.5. The van der Waals surface area contributed by atoms with Gasteiger partial charge in [0.1, 0.15) is 18.2 Å². The Morgan fingerprint density at radius 3 is 2.05 bits per heavy atom. The number of aromatic nitrogens is 4. The van der Waals surface area contributed by atoms with Crippen LogP contribution >= 0.6 is 0 Å². The van der Waals surface area contributed by atoms with Crippen molar-refractivity contribution in [2.45, 2.75) is 68.9 Å². The van der Waals surface area contributed by atoms with Crippen LogP contribution in [0.4, 0.5) is 5.82 Å². The third-order valence-corrected chi connectivity index (χ3v) is 15.6. The van der Waals surface area contributed by atoms with Crippen molar-refractivity contribution < 1.29 is 18.7 Å². The molecule has 3 heterocycles. The molecule has 0 radical (unpaired) electrons. The van der Waals surface area contributed by atoms with Crippen molar-refractivity contribution in [1.29, 1.82) is 0 Å². The van der Waals surface area contributed by atoms with Gasteiger partial charge in [-0.2, -0.15) is 0 Å². The van der Waals surface area contributed by atoms with Crippen molar-refractivity contribution in [3.05, 3.63) is 161 Å². The molecule has 7 rings (SSSR count). The fraction of sp³-hybridized carbons (Fsp3) is 0.302. The van der Waals surface area contributed by atoms with E-state index >= 15 is 0 Å². The Labute approximate surface area is 333 Å². The van der Waals surface area contributed by atoms with Gasteiger partial charge in [-0.1, -0.05) is 117 Å². The van der Waals surface area contributed by atoms with E-state index in [1.54, 1.807) is 37.7 Å². The van der Waals surface area contributed by atoms with E-state index < -0.39 is 38.3 Å². The minimum atomic E-state index is -2.55. The molecule has 1 aliphatic rings. The van der Waals surface area contributed by atoms with Gasteiger partial charge < -0.3 is 19.2 Å². The van der Waals surface area contributed by atoms with Gasteiger partial charge in [-0.15, -0.1) is 0 Å². The van der Waals surface area contributed by atoms with Gasteiger partial charge in [0, 0.05) is 10.5 Å². The van der Waals surface area contributed by atoms with Crippen molar-refractivity contribution in [3.8, 4) is 5.75 Å². The van der Waals surface area contributed by atoms with Gasteiger partial charge in [0.2, 0.25) is 0 Å². The van der Waals surface area contributed by atoms with Crippen LogP contribution in [0.15, 0.2) is 133 Å². The summed E-state index contributed by atoms with van der Waals surface area (Å²) in [6.45, 7) is 11.0. The third kappa shape index (κ3) is 7.78. The second-order valence-electron chi connectivity index (χ2n) is 15.6. The van der Waals surface area contributed by atoms with Crippen LogP contribution in [0.2, 0.25) is 18.1 Å². The van der Waals surface area contributed by atoms with Gasteiger partial charge in [0.25, 0.3) is 5.91 Å². The van der Waals surface area contributed by atoms with E-state index in [2.05, 4.69) is 101 Å². The molecule has 0 saturated carbocycles. The largest absolute Gasteiger partial charge is 0.497 e. The number of nitrogens with one attached hydrogen (secondary N) is 2. The fourth-order valence-electron chi connectivity index (χ4n) is 7.17. The minimum absolute atomic E-state index is 0.0182. The highest BCUT2D eigenvalue weighted by Crippen LogP contribution is 2.45. The van der Waals surface area contributed by atoms with Crippen LogP contribution in [0.5, 0.6) is 5.75 Å². The number of amides is 1. The lowest BCUT2D eigenvalue weighted by Gasteiger charge is -2.44. The van der Waals surface area contributed by atoms with E-state index in [4.69, 9.17) is 18.9 Å². The summed E-state index contributed by atoms with van der Waals surface area (Å²) in [5.74, 6) is 0.669. The van der Waals surface area contributed by atoms with Crippen LogP contribution in [0.1, 0.15) is 54.0 Å². The summed E-state index contributed by atoms with van der Waals surface area (Å²) in [4.78, 5) is 30.2. The standard InChI is InChI=1S/C43H47N9O4Si/c1-42(2,3)57(5,6)56-37-35(50-43(30-18-12-8-13-19-30,31-20-14-9-15-21-31)32-22-24-33(54-4)25-23-32)34(26-48-51-44)55-41(37)52-28-47-36-38(45-27-46-39(36)52)49-40(53)29-16-10-7-11-17-29/h7-25,27-28,34-35,37,41,50H,26H2,1-6H3,(H,45,46,49,53)/t34-,35-,37-,41-/m1/s1. The van der Waals surface area contributed by atoms with E-state index in [1.165, 1.54) is 6.33 Å². The van der Waals surface area contributed by atoms with E-state index in [1.807, 2.05) is 59.2 Å². The van der Waals surface area contributed by atoms with Gasteiger partial charge in [-0.25, -0.2) is 15.0 Å². The number of anilines is 1. The highest BCUT2D eigenvalue weighted by Gasteiger charge is 2.54. The van der Waals surface area contributed by atoms with Crippen LogP contribution in [0, 0.1) is 0 Å². The predicted molar refractivity (Wildman–Crippen MR) is 222 cm³/mol. The number of carbonyl (C=O) groups is 1. The molecule has 0 bridgehead atoms.